The summed E-state index contributed by atoms with van der Waals surface area (Å²) in [6.45, 7) is 8.43. The highest BCUT2D eigenvalue weighted by atomic mass is 16.2. The summed E-state index contributed by atoms with van der Waals surface area (Å²) in [6, 6.07) is 6.01. The molecular weight excluding hydrogens is 328 g/mol. The first kappa shape index (κ1) is 18.5. The Hall–Kier alpha value is -2.31. The van der Waals surface area contributed by atoms with E-state index in [2.05, 4.69) is 32.0 Å². The lowest BCUT2D eigenvalue weighted by atomic mass is 10.1. The Kier molecular flexibility index (Phi) is 6.68. The molecule has 1 amide bonds. The minimum atomic E-state index is 0.146. The molecule has 1 aromatic rings. The van der Waals surface area contributed by atoms with Crippen molar-refractivity contribution in [2.75, 3.05) is 57.3 Å². The van der Waals surface area contributed by atoms with Crippen LogP contribution in [0.1, 0.15) is 26.2 Å². The zero-order valence-electron chi connectivity index (χ0n) is 15.7. The molecule has 2 aliphatic rings. The highest BCUT2D eigenvalue weighted by Gasteiger charge is 2.21. The van der Waals surface area contributed by atoms with E-state index in [0.717, 1.165) is 70.4 Å². The monoisotopic (exact) mass is 358 g/mol. The van der Waals surface area contributed by atoms with Crippen molar-refractivity contribution in [1.82, 2.24) is 20.1 Å². The van der Waals surface area contributed by atoms with Crippen LogP contribution in [0.15, 0.2) is 29.4 Å². The van der Waals surface area contributed by atoms with Crippen LogP contribution in [0, 0.1) is 0 Å². The van der Waals surface area contributed by atoms with Crippen molar-refractivity contribution in [3.8, 4) is 0 Å². The molecule has 1 N–H and O–H groups in total. The van der Waals surface area contributed by atoms with Crippen LogP contribution >= 0.6 is 0 Å². The van der Waals surface area contributed by atoms with E-state index in [1.165, 1.54) is 6.42 Å². The van der Waals surface area contributed by atoms with Gasteiger partial charge in [-0.2, -0.15) is 0 Å². The molecule has 142 valence electrons. The fourth-order valence-electron chi connectivity index (χ4n) is 3.50. The van der Waals surface area contributed by atoms with E-state index in [4.69, 9.17) is 0 Å². The number of nitrogens with one attached hydrogen (secondary N) is 1. The SMILES string of the molecule is CCNC(=NCC(=O)N1CCCCC1)N1CCN(c2ccccn2)CC1. The first-order chi connectivity index (χ1) is 12.8. The Morgan fingerprint density at radius 2 is 1.85 bits per heavy atom. The average molecular weight is 358 g/mol. The summed E-state index contributed by atoms with van der Waals surface area (Å²) >= 11 is 0. The summed E-state index contributed by atoms with van der Waals surface area (Å²) in [5.41, 5.74) is 0. The van der Waals surface area contributed by atoms with Crippen LogP contribution < -0.4 is 10.2 Å². The van der Waals surface area contributed by atoms with Gasteiger partial charge in [0.05, 0.1) is 0 Å². The highest BCUT2D eigenvalue weighted by molar-refractivity contribution is 5.85. The summed E-state index contributed by atoms with van der Waals surface area (Å²) in [5, 5.41) is 3.34. The number of aliphatic imine (C=N–C) groups is 1. The van der Waals surface area contributed by atoms with E-state index in [0.29, 0.717) is 0 Å². The van der Waals surface area contributed by atoms with Gasteiger partial charge in [-0.05, 0) is 38.3 Å². The molecule has 0 aliphatic carbocycles. The summed E-state index contributed by atoms with van der Waals surface area (Å²) < 4.78 is 0. The molecular formula is C19H30N6O. The van der Waals surface area contributed by atoms with Crippen molar-refractivity contribution in [1.29, 1.82) is 0 Å². The summed E-state index contributed by atoms with van der Waals surface area (Å²) in [4.78, 5) is 27.9. The van der Waals surface area contributed by atoms with Crippen LogP contribution in [0.3, 0.4) is 0 Å². The number of piperidine rings is 1. The number of hydrogen-bond acceptors (Lipinski definition) is 4. The maximum absolute atomic E-state index is 12.4. The Bertz CT molecular complexity index is 591. The number of nitrogens with zero attached hydrogens (tertiary/aromatic N) is 5. The quantitative estimate of drug-likeness (QED) is 0.647. The first-order valence-corrected chi connectivity index (χ1v) is 9.75. The minimum Gasteiger partial charge on any atom is -0.357 e. The molecule has 0 atom stereocenters. The van der Waals surface area contributed by atoms with Gasteiger partial charge in [0.25, 0.3) is 0 Å². The van der Waals surface area contributed by atoms with Gasteiger partial charge in [-0.3, -0.25) is 4.79 Å². The standard InChI is InChI=1S/C19H30N6O/c1-2-20-19(22-16-18(26)24-10-6-3-7-11-24)25-14-12-23(13-15-25)17-8-4-5-9-21-17/h4-5,8-9H,2-3,6-7,10-16H2,1H3,(H,20,22). The molecule has 2 saturated heterocycles. The second kappa shape index (κ2) is 9.40. The zero-order chi connectivity index (χ0) is 18.2. The second-order valence-electron chi connectivity index (χ2n) is 6.77. The van der Waals surface area contributed by atoms with Crippen LogP contribution in [0.2, 0.25) is 0 Å². The van der Waals surface area contributed by atoms with Gasteiger partial charge in [-0.1, -0.05) is 6.07 Å². The smallest absolute Gasteiger partial charge is 0.244 e. The molecule has 2 fully saturated rings. The third-order valence-electron chi connectivity index (χ3n) is 4.96. The number of amides is 1. The van der Waals surface area contributed by atoms with Crippen LogP contribution in [0.5, 0.6) is 0 Å². The summed E-state index contributed by atoms with van der Waals surface area (Å²) in [5.74, 6) is 2.01. The largest absolute Gasteiger partial charge is 0.357 e. The van der Waals surface area contributed by atoms with E-state index in [1.807, 2.05) is 29.3 Å². The molecule has 0 spiro atoms. The molecule has 7 nitrogen and oxygen atoms in total. The second-order valence-corrected chi connectivity index (χ2v) is 6.77. The van der Waals surface area contributed by atoms with Gasteiger partial charge in [-0.25, -0.2) is 9.98 Å². The average Bonchev–Trinajstić information content (AvgIpc) is 2.72. The van der Waals surface area contributed by atoms with Crippen molar-refractivity contribution in [2.24, 2.45) is 4.99 Å². The van der Waals surface area contributed by atoms with E-state index >= 15 is 0 Å². The van der Waals surface area contributed by atoms with Crippen LogP contribution in [-0.2, 0) is 4.79 Å². The maximum atomic E-state index is 12.4. The number of likely N-dealkylation sites (tertiary alicyclic amines) is 1. The molecule has 3 rings (SSSR count). The summed E-state index contributed by atoms with van der Waals surface area (Å²) in [6.07, 6.45) is 5.30. The van der Waals surface area contributed by atoms with Crippen molar-refractivity contribution < 1.29 is 4.79 Å². The number of aromatic nitrogens is 1. The highest BCUT2D eigenvalue weighted by Crippen LogP contribution is 2.13. The predicted octanol–water partition coefficient (Wildman–Crippen LogP) is 1.18. The number of anilines is 1. The van der Waals surface area contributed by atoms with Gasteiger partial charge in [0, 0.05) is 52.0 Å². The van der Waals surface area contributed by atoms with Crippen LogP contribution in [0.25, 0.3) is 0 Å². The lowest BCUT2D eigenvalue weighted by Gasteiger charge is -2.37. The topological polar surface area (TPSA) is 64.1 Å². The number of rotatable bonds is 4. The zero-order valence-corrected chi connectivity index (χ0v) is 15.7. The van der Waals surface area contributed by atoms with Gasteiger partial charge in [0.1, 0.15) is 12.4 Å². The number of carbonyl (C=O) groups excluding carboxylic acids is 1. The van der Waals surface area contributed by atoms with Gasteiger partial charge < -0.3 is 20.0 Å². The Morgan fingerprint density at radius 1 is 1.08 bits per heavy atom. The molecule has 0 saturated carbocycles. The third kappa shape index (κ3) is 4.86. The molecule has 0 bridgehead atoms. The number of carbonyl (C=O) groups is 1. The molecule has 1 aromatic heterocycles. The normalized spacial score (nSPS) is 18.8. The minimum absolute atomic E-state index is 0.146. The molecule has 0 unspecified atom stereocenters. The lowest BCUT2D eigenvalue weighted by molar-refractivity contribution is -0.130. The van der Waals surface area contributed by atoms with Gasteiger partial charge in [-0.15, -0.1) is 0 Å². The van der Waals surface area contributed by atoms with E-state index < -0.39 is 0 Å². The molecule has 26 heavy (non-hydrogen) atoms. The fourth-order valence-corrected chi connectivity index (χ4v) is 3.50. The molecule has 7 heteroatoms. The molecule has 2 aliphatic heterocycles. The Balaban J connectivity index is 1.55. The Labute approximate surface area is 156 Å². The van der Waals surface area contributed by atoms with Crippen LogP contribution in [-0.4, -0.2) is 79.0 Å². The van der Waals surface area contributed by atoms with Crippen molar-refractivity contribution in [3.63, 3.8) is 0 Å². The number of piperazine rings is 1. The van der Waals surface area contributed by atoms with Gasteiger partial charge in [0.2, 0.25) is 5.91 Å². The predicted molar refractivity (Wildman–Crippen MR) is 104 cm³/mol. The first-order valence-electron chi connectivity index (χ1n) is 9.75. The van der Waals surface area contributed by atoms with E-state index in [9.17, 15) is 4.79 Å². The summed E-state index contributed by atoms with van der Waals surface area (Å²) in [7, 11) is 0. The number of pyridine rings is 1. The molecule has 3 heterocycles. The van der Waals surface area contributed by atoms with Crippen LogP contribution in [0.4, 0.5) is 5.82 Å². The Morgan fingerprint density at radius 3 is 2.50 bits per heavy atom. The van der Waals surface area contributed by atoms with Gasteiger partial charge in [0.15, 0.2) is 5.96 Å². The van der Waals surface area contributed by atoms with E-state index in [-0.39, 0.29) is 12.5 Å². The molecule has 0 aromatic carbocycles. The van der Waals surface area contributed by atoms with Crippen molar-refractivity contribution in [3.05, 3.63) is 24.4 Å². The lowest BCUT2D eigenvalue weighted by Crippen LogP contribution is -2.53. The number of hydrogen-bond donors (Lipinski definition) is 1. The van der Waals surface area contributed by atoms with E-state index in [1.54, 1.807) is 0 Å². The fraction of sp³-hybridized carbons (Fsp3) is 0.632. The third-order valence-corrected chi connectivity index (χ3v) is 4.96. The molecule has 0 radical (unpaired) electrons. The van der Waals surface area contributed by atoms with Gasteiger partial charge >= 0.3 is 0 Å². The van der Waals surface area contributed by atoms with Crippen molar-refractivity contribution >= 4 is 17.7 Å². The number of guanidine groups is 1. The maximum Gasteiger partial charge on any atom is 0.244 e. The van der Waals surface area contributed by atoms with Crippen molar-refractivity contribution in [2.45, 2.75) is 26.2 Å².